The van der Waals surface area contributed by atoms with Gasteiger partial charge in [-0.25, -0.2) is 4.98 Å². The second-order valence-corrected chi connectivity index (χ2v) is 8.17. The summed E-state index contributed by atoms with van der Waals surface area (Å²) in [7, 11) is 1.62. The molecule has 1 aliphatic rings. The zero-order valence-corrected chi connectivity index (χ0v) is 17.5. The molecular formula is C20H26ClN3O2S. The van der Waals surface area contributed by atoms with Crippen LogP contribution in [-0.2, 0) is 6.42 Å². The van der Waals surface area contributed by atoms with Crippen LogP contribution in [0.4, 0.5) is 0 Å². The third-order valence-electron chi connectivity index (χ3n) is 4.79. The number of rotatable bonds is 7. The van der Waals surface area contributed by atoms with Gasteiger partial charge in [-0.1, -0.05) is 24.9 Å². The number of aromatic nitrogens is 1. The first kappa shape index (κ1) is 20.1. The van der Waals surface area contributed by atoms with E-state index in [0.717, 1.165) is 41.5 Å². The number of likely N-dealkylation sites (tertiary alicyclic amines) is 1. The Morgan fingerprint density at radius 2 is 2.11 bits per heavy atom. The van der Waals surface area contributed by atoms with Gasteiger partial charge in [0.25, 0.3) is 5.91 Å². The number of aryl methyl sites for hydroxylation is 1. The molecule has 0 atom stereocenters. The van der Waals surface area contributed by atoms with E-state index in [0.29, 0.717) is 23.0 Å². The molecule has 0 bridgehead atoms. The highest BCUT2D eigenvalue weighted by Crippen LogP contribution is 2.36. The Morgan fingerprint density at radius 3 is 2.81 bits per heavy atom. The van der Waals surface area contributed by atoms with Crippen molar-refractivity contribution in [3.8, 4) is 16.3 Å². The highest BCUT2D eigenvalue weighted by molar-refractivity contribution is 7.15. The summed E-state index contributed by atoms with van der Waals surface area (Å²) >= 11 is 7.67. The van der Waals surface area contributed by atoms with Crippen molar-refractivity contribution in [3.05, 3.63) is 33.8 Å². The summed E-state index contributed by atoms with van der Waals surface area (Å²) in [6.07, 6.45) is 4.59. The number of carbonyl (C=O) groups is 1. The van der Waals surface area contributed by atoms with E-state index in [9.17, 15) is 4.79 Å². The van der Waals surface area contributed by atoms with Gasteiger partial charge in [-0.2, -0.15) is 0 Å². The normalized spacial score (nSPS) is 14.9. The summed E-state index contributed by atoms with van der Waals surface area (Å²) in [6, 6.07) is 5.44. The number of carbonyl (C=O) groups excluding carboxylic acids is 1. The molecule has 1 N–H and O–H groups in total. The zero-order chi connectivity index (χ0) is 19.2. The number of benzene rings is 1. The Hall–Kier alpha value is -1.63. The SMILES string of the molecule is CCc1sc(-c2cc(Cl)ccc2OC)nc1C(=O)NCCN1CCCCC1. The van der Waals surface area contributed by atoms with Crippen molar-refractivity contribution in [2.45, 2.75) is 32.6 Å². The third-order valence-corrected chi connectivity index (χ3v) is 6.26. The fraction of sp³-hybridized carbons (Fsp3) is 0.500. The quantitative estimate of drug-likeness (QED) is 0.745. The molecule has 2 heterocycles. The number of hydrogen-bond acceptors (Lipinski definition) is 5. The molecule has 3 rings (SSSR count). The minimum Gasteiger partial charge on any atom is -0.496 e. The fourth-order valence-electron chi connectivity index (χ4n) is 3.33. The van der Waals surface area contributed by atoms with Crippen LogP contribution in [0.25, 0.3) is 10.6 Å². The van der Waals surface area contributed by atoms with Crippen molar-refractivity contribution < 1.29 is 9.53 Å². The molecule has 1 fully saturated rings. The van der Waals surface area contributed by atoms with E-state index in [1.807, 2.05) is 19.1 Å². The largest absolute Gasteiger partial charge is 0.496 e. The fourth-order valence-corrected chi connectivity index (χ4v) is 4.52. The molecule has 0 spiro atoms. The maximum atomic E-state index is 12.7. The maximum Gasteiger partial charge on any atom is 0.271 e. The topological polar surface area (TPSA) is 54.5 Å². The second kappa shape index (κ2) is 9.53. The Bertz CT molecular complexity index is 788. The molecule has 2 aromatic rings. The molecule has 0 aliphatic carbocycles. The molecular weight excluding hydrogens is 382 g/mol. The predicted molar refractivity (Wildman–Crippen MR) is 111 cm³/mol. The van der Waals surface area contributed by atoms with Gasteiger partial charge in [-0.3, -0.25) is 4.79 Å². The first-order chi connectivity index (χ1) is 13.1. The van der Waals surface area contributed by atoms with Crippen molar-refractivity contribution in [1.82, 2.24) is 15.2 Å². The number of nitrogens with zero attached hydrogens (tertiary/aromatic N) is 2. The van der Waals surface area contributed by atoms with Crippen LogP contribution in [-0.4, -0.2) is 49.1 Å². The number of thiazole rings is 1. The number of amides is 1. The predicted octanol–water partition coefficient (Wildman–Crippen LogP) is 4.25. The molecule has 1 aromatic carbocycles. The summed E-state index contributed by atoms with van der Waals surface area (Å²) < 4.78 is 5.43. The molecule has 1 aliphatic heterocycles. The van der Waals surface area contributed by atoms with Crippen LogP contribution in [0.2, 0.25) is 5.02 Å². The van der Waals surface area contributed by atoms with Crippen LogP contribution in [0.15, 0.2) is 18.2 Å². The summed E-state index contributed by atoms with van der Waals surface area (Å²) in [4.78, 5) is 20.7. The number of halogens is 1. The Balaban J connectivity index is 1.72. The molecule has 1 aromatic heterocycles. The van der Waals surface area contributed by atoms with Gasteiger partial charge in [0.15, 0.2) is 0 Å². The Morgan fingerprint density at radius 1 is 1.33 bits per heavy atom. The van der Waals surface area contributed by atoms with Crippen molar-refractivity contribution in [2.75, 3.05) is 33.3 Å². The van der Waals surface area contributed by atoms with E-state index in [2.05, 4.69) is 15.2 Å². The van der Waals surface area contributed by atoms with E-state index < -0.39 is 0 Å². The lowest BCUT2D eigenvalue weighted by Crippen LogP contribution is -2.37. The standard InChI is InChI=1S/C20H26ClN3O2S/c1-3-17-18(19(25)22-9-12-24-10-5-4-6-11-24)23-20(27-17)15-13-14(21)7-8-16(15)26-2/h7-8,13H,3-6,9-12H2,1-2H3,(H,22,25). The average molecular weight is 408 g/mol. The third kappa shape index (κ3) is 5.00. The minimum atomic E-state index is -0.104. The van der Waals surface area contributed by atoms with Gasteiger partial charge < -0.3 is 15.0 Å². The first-order valence-corrected chi connectivity index (χ1v) is 10.7. The highest BCUT2D eigenvalue weighted by atomic mass is 35.5. The monoisotopic (exact) mass is 407 g/mol. The second-order valence-electron chi connectivity index (χ2n) is 6.65. The number of hydrogen-bond donors (Lipinski definition) is 1. The van der Waals surface area contributed by atoms with Crippen LogP contribution in [0.5, 0.6) is 5.75 Å². The van der Waals surface area contributed by atoms with Gasteiger partial charge in [-0.05, 0) is 50.6 Å². The number of ether oxygens (including phenoxy) is 1. The van der Waals surface area contributed by atoms with E-state index in [1.54, 1.807) is 13.2 Å². The number of nitrogens with one attached hydrogen (secondary N) is 1. The van der Waals surface area contributed by atoms with Gasteiger partial charge in [0.2, 0.25) is 0 Å². The molecule has 7 heteroatoms. The summed E-state index contributed by atoms with van der Waals surface area (Å²) in [5.41, 5.74) is 1.33. The van der Waals surface area contributed by atoms with E-state index >= 15 is 0 Å². The number of piperidine rings is 1. The summed E-state index contributed by atoms with van der Waals surface area (Å²) in [5, 5.41) is 4.41. The molecule has 146 valence electrons. The van der Waals surface area contributed by atoms with Crippen molar-refractivity contribution >= 4 is 28.8 Å². The maximum absolute atomic E-state index is 12.7. The Kier molecular flexibility index (Phi) is 7.10. The van der Waals surface area contributed by atoms with E-state index in [4.69, 9.17) is 16.3 Å². The van der Waals surface area contributed by atoms with Crippen LogP contribution >= 0.6 is 22.9 Å². The summed E-state index contributed by atoms with van der Waals surface area (Å²) in [6.45, 7) is 5.84. The minimum absolute atomic E-state index is 0.104. The molecule has 27 heavy (non-hydrogen) atoms. The van der Waals surface area contributed by atoms with Gasteiger partial charge in [-0.15, -0.1) is 11.3 Å². The molecule has 0 saturated carbocycles. The van der Waals surface area contributed by atoms with Crippen LogP contribution in [0, 0.1) is 0 Å². The van der Waals surface area contributed by atoms with Gasteiger partial charge in [0, 0.05) is 23.0 Å². The van der Waals surface area contributed by atoms with E-state index in [-0.39, 0.29) is 5.91 Å². The first-order valence-electron chi connectivity index (χ1n) is 9.46. The highest BCUT2D eigenvalue weighted by Gasteiger charge is 2.20. The lowest BCUT2D eigenvalue weighted by Gasteiger charge is -2.26. The molecule has 1 amide bonds. The smallest absolute Gasteiger partial charge is 0.271 e. The van der Waals surface area contributed by atoms with Crippen LogP contribution in [0.3, 0.4) is 0 Å². The lowest BCUT2D eigenvalue weighted by atomic mass is 10.1. The molecule has 1 saturated heterocycles. The molecule has 0 unspecified atom stereocenters. The Labute approximate surface area is 169 Å². The van der Waals surface area contributed by atoms with Crippen LogP contribution in [0.1, 0.15) is 41.6 Å². The van der Waals surface area contributed by atoms with Gasteiger partial charge >= 0.3 is 0 Å². The number of methoxy groups -OCH3 is 1. The van der Waals surface area contributed by atoms with Crippen molar-refractivity contribution in [3.63, 3.8) is 0 Å². The van der Waals surface area contributed by atoms with Gasteiger partial charge in [0.1, 0.15) is 16.5 Å². The van der Waals surface area contributed by atoms with Gasteiger partial charge in [0.05, 0.1) is 12.7 Å². The zero-order valence-electron chi connectivity index (χ0n) is 15.9. The van der Waals surface area contributed by atoms with Crippen LogP contribution < -0.4 is 10.1 Å². The lowest BCUT2D eigenvalue weighted by molar-refractivity contribution is 0.0941. The van der Waals surface area contributed by atoms with E-state index in [1.165, 1.54) is 30.6 Å². The summed E-state index contributed by atoms with van der Waals surface area (Å²) in [5.74, 6) is 0.597. The van der Waals surface area contributed by atoms with Crippen molar-refractivity contribution in [1.29, 1.82) is 0 Å². The molecule has 0 radical (unpaired) electrons. The molecule has 5 nitrogen and oxygen atoms in total. The van der Waals surface area contributed by atoms with Crippen molar-refractivity contribution in [2.24, 2.45) is 0 Å². The average Bonchev–Trinajstić information content (AvgIpc) is 3.13.